The van der Waals surface area contributed by atoms with Gasteiger partial charge in [0, 0.05) is 11.6 Å². The molecule has 0 heterocycles. The number of nitro benzene ring substituents is 1. The molecule has 1 rings (SSSR count). The van der Waals surface area contributed by atoms with Crippen LogP contribution in [0.1, 0.15) is 11.1 Å². The molecule has 0 radical (unpaired) electrons. The maximum absolute atomic E-state index is 10.5. The van der Waals surface area contributed by atoms with Crippen LogP contribution in [0.2, 0.25) is 0 Å². The molecule has 68 valence electrons. The third kappa shape index (κ3) is 1.72. The maximum Gasteiger partial charge on any atom is 0.272 e. The van der Waals surface area contributed by atoms with Gasteiger partial charge in [-0.1, -0.05) is 0 Å². The molecular weight excluding hydrogens is 168 g/mol. The van der Waals surface area contributed by atoms with Gasteiger partial charge in [0.25, 0.3) is 5.69 Å². The first-order valence-electron chi connectivity index (χ1n) is 3.78. The van der Waals surface area contributed by atoms with Crippen LogP contribution in [0.25, 0.3) is 0 Å². The molecular formula is C9H10N2O2. The highest BCUT2D eigenvalue weighted by Gasteiger charge is 2.12. The van der Waals surface area contributed by atoms with Crippen LogP contribution in [0.15, 0.2) is 17.1 Å². The van der Waals surface area contributed by atoms with E-state index in [1.54, 1.807) is 19.9 Å². The minimum Gasteiger partial charge on any atom is -0.264 e. The van der Waals surface area contributed by atoms with E-state index >= 15 is 0 Å². The fourth-order valence-corrected chi connectivity index (χ4v) is 1.15. The monoisotopic (exact) mass is 178 g/mol. The summed E-state index contributed by atoms with van der Waals surface area (Å²) in [7, 11) is 0. The zero-order valence-electron chi connectivity index (χ0n) is 7.57. The number of hydrogen-bond donors (Lipinski definition) is 0. The van der Waals surface area contributed by atoms with E-state index in [4.69, 9.17) is 0 Å². The van der Waals surface area contributed by atoms with Crippen molar-refractivity contribution in [2.75, 3.05) is 0 Å². The number of aliphatic imine (C=N–C) groups is 1. The number of hydrogen-bond acceptors (Lipinski definition) is 3. The zero-order chi connectivity index (χ0) is 10.0. The molecule has 0 unspecified atom stereocenters. The van der Waals surface area contributed by atoms with Crippen LogP contribution >= 0.6 is 0 Å². The SMILES string of the molecule is C=Nc1cc(C)c([N+](=O)[O-])cc1C. The Labute approximate surface area is 76.1 Å². The molecule has 0 aliphatic carbocycles. The fourth-order valence-electron chi connectivity index (χ4n) is 1.15. The summed E-state index contributed by atoms with van der Waals surface area (Å²) in [6, 6.07) is 3.18. The van der Waals surface area contributed by atoms with Crippen LogP contribution in [-0.4, -0.2) is 11.6 Å². The Balaban J connectivity index is 3.36. The number of aryl methyl sites for hydroxylation is 2. The molecule has 4 heteroatoms. The van der Waals surface area contributed by atoms with E-state index in [2.05, 4.69) is 11.7 Å². The van der Waals surface area contributed by atoms with Crippen LogP contribution in [-0.2, 0) is 0 Å². The Hall–Kier alpha value is -1.71. The molecule has 0 aliphatic rings. The summed E-state index contributed by atoms with van der Waals surface area (Å²) in [5, 5.41) is 10.5. The van der Waals surface area contributed by atoms with Gasteiger partial charge in [-0.15, -0.1) is 0 Å². The van der Waals surface area contributed by atoms with E-state index in [1.807, 2.05) is 0 Å². The molecule has 0 bridgehead atoms. The molecule has 1 aromatic rings. The van der Waals surface area contributed by atoms with Crippen molar-refractivity contribution in [1.82, 2.24) is 0 Å². The molecule has 0 spiro atoms. The summed E-state index contributed by atoms with van der Waals surface area (Å²) >= 11 is 0. The van der Waals surface area contributed by atoms with Crippen molar-refractivity contribution in [1.29, 1.82) is 0 Å². The third-order valence-corrected chi connectivity index (χ3v) is 1.88. The predicted molar refractivity (Wildman–Crippen MR) is 51.8 cm³/mol. The van der Waals surface area contributed by atoms with Crippen LogP contribution in [0.5, 0.6) is 0 Å². The molecule has 0 amide bonds. The summed E-state index contributed by atoms with van der Waals surface area (Å²) in [5.74, 6) is 0. The van der Waals surface area contributed by atoms with Gasteiger partial charge in [0.05, 0.1) is 10.6 Å². The zero-order valence-corrected chi connectivity index (χ0v) is 7.57. The summed E-state index contributed by atoms with van der Waals surface area (Å²) in [4.78, 5) is 13.9. The van der Waals surface area contributed by atoms with Gasteiger partial charge in [0.15, 0.2) is 0 Å². The van der Waals surface area contributed by atoms with Gasteiger partial charge < -0.3 is 0 Å². The maximum atomic E-state index is 10.5. The standard InChI is InChI=1S/C9H10N2O2/c1-6-5-9(11(12)13)7(2)4-8(6)10-3/h4-5H,3H2,1-2H3. The molecule has 0 saturated heterocycles. The van der Waals surface area contributed by atoms with Crippen molar-refractivity contribution in [3.8, 4) is 0 Å². The second kappa shape index (κ2) is 3.35. The van der Waals surface area contributed by atoms with Gasteiger partial charge in [-0.05, 0) is 32.2 Å². The summed E-state index contributed by atoms with van der Waals surface area (Å²) in [6.07, 6.45) is 0. The number of nitrogens with zero attached hydrogens (tertiary/aromatic N) is 2. The van der Waals surface area contributed by atoms with E-state index in [0.29, 0.717) is 11.3 Å². The minimum absolute atomic E-state index is 0.130. The van der Waals surface area contributed by atoms with E-state index < -0.39 is 4.92 Å². The highest BCUT2D eigenvalue weighted by molar-refractivity contribution is 5.58. The van der Waals surface area contributed by atoms with E-state index in [-0.39, 0.29) is 5.69 Å². The topological polar surface area (TPSA) is 55.5 Å². The number of benzene rings is 1. The lowest BCUT2D eigenvalue weighted by atomic mass is 10.1. The minimum atomic E-state index is -0.394. The lowest BCUT2D eigenvalue weighted by Gasteiger charge is -2.01. The fraction of sp³-hybridized carbons (Fsp3) is 0.222. The average molecular weight is 178 g/mol. The van der Waals surface area contributed by atoms with E-state index in [1.165, 1.54) is 6.07 Å². The van der Waals surface area contributed by atoms with Crippen molar-refractivity contribution in [3.63, 3.8) is 0 Å². The molecule has 0 saturated carbocycles. The lowest BCUT2D eigenvalue weighted by molar-refractivity contribution is -0.385. The molecule has 1 aromatic carbocycles. The van der Waals surface area contributed by atoms with E-state index in [9.17, 15) is 10.1 Å². The van der Waals surface area contributed by atoms with Gasteiger partial charge >= 0.3 is 0 Å². The number of rotatable bonds is 2. The molecule has 0 aromatic heterocycles. The van der Waals surface area contributed by atoms with Gasteiger partial charge in [-0.3, -0.25) is 15.1 Å². The molecule has 0 aliphatic heterocycles. The first-order valence-corrected chi connectivity index (χ1v) is 3.78. The van der Waals surface area contributed by atoms with Gasteiger partial charge in [-0.25, -0.2) is 0 Å². The van der Waals surface area contributed by atoms with Gasteiger partial charge in [0.1, 0.15) is 0 Å². The highest BCUT2D eigenvalue weighted by Crippen LogP contribution is 2.27. The van der Waals surface area contributed by atoms with Crippen molar-refractivity contribution in [2.45, 2.75) is 13.8 Å². The molecule has 13 heavy (non-hydrogen) atoms. The Bertz CT molecular complexity index is 372. The molecule has 0 fully saturated rings. The lowest BCUT2D eigenvalue weighted by Crippen LogP contribution is -1.92. The summed E-state index contributed by atoms with van der Waals surface area (Å²) < 4.78 is 0. The van der Waals surface area contributed by atoms with Crippen molar-refractivity contribution in [3.05, 3.63) is 33.4 Å². The number of nitro groups is 1. The quantitative estimate of drug-likeness (QED) is 0.397. The second-order valence-electron chi connectivity index (χ2n) is 2.84. The average Bonchev–Trinajstić information content (AvgIpc) is 2.07. The van der Waals surface area contributed by atoms with Crippen molar-refractivity contribution >= 4 is 18.1 Å². The highest BCUT2D eigenvalue weighted by atomic mass is 16.6. The first kappa shape index (κ1) is 9.38. The Morgan fingerprint density at radius 1 is 1.38 bits per heavy atom. The summed E-state index contributed by atoms with van der Waals surface area (Å²) in [5.41, 5.74) is 2.21. The van der Waals surface area contributed by atoms with Gasteiger partial charge in [-0.2, -0.15) is 0 Å². The third-order valence-electron chi connectivity index (χ3n) is 1.88. The van der Waals surface area contributed by atoms with Gasteiger partial charge in [0.2, 0.25) is 0 Å². The second-order valence-corrected chi connectivity index (χ2v) is 2.84. The van der Waals surface area contributed by atoms with Crippen molar-refractivity contribution in [2.24, 2.45) is 4.99 Å². The Morgan fingerprint density at radius 2 is 2.00 bits per heavy atom. The summed E-state index contributed by atoms with van der Waals surface area (Å²) in [6.45, 7) is 6.85. The van der Waals surface area contributed by atoms with Crippen molar-refractivity contribution < 1.29 is 4.92 Å². The first-order chi connectivity index (χ1) is 6.06. The van der Waals surface area contributed by atoms with E-state index in [0.717, 1.165) is 5.56 Å². The normalized spacial score (nSPS) is 9.69. The molecule has 4 nitrogen and oxygen atoms in total. The smallest absolute Gasteiger partial charge is 0.264 e. The van der Waals surface area contributed by atoms with Crippen LogP contribution < -0.4 is 0 Å². The Morgan fingerprint density at radius 3 is 2.46 bits per heavy atom. The van der Waals surface area contributed by atoms with Crippen LogP contribution in [0.3, 0.4) is 0 Å². The molecule has 0 atom stereocenters. The molecule has 0 N–H and O–H groups in total. The van der Waals surface area contributed by atoms with Crippen LogP contribution in [0.4, 0.5) is 11.4 Å². The largest absolute Gasteiger partial charge is 0.272 e. The predicted octanol–water partition coefficient (Wildman–Crippen LogP) is 2.54. The van der Waals surface area contributed by atoms with Crippen LogP contribution in [0, 0.1) is 24.0 Å². The Kier molecular flexibility index (Phi) is 2.41.